The predicted molar refractivity (Wildman–Crippen MR) is 173 cm³/mol. The third-order valence-electron chi connectivity index (χ3n) is 8.12. The van der Waals surface area contributed by atoms with Crippen LogP contribution in [0.5, 0.6) is 17.2 Å². The van der Waals surface area contributed by atoms with Crippen molar-refractivity contribution in [3.05, 3.63) is 53.9 Å². The molecule has 0 atom stereocenters. The molecule has 3 aromatic rings. The van der Waals surface area contributed by atoms with Gasteiger partial charge in [-0.3, -0.25) is 14.3 Å². The molecule has 0 aliphatic carbocycles. The third-order valence-corrected chi connectivity index (χ3v) is 9.73. The van der Waals surface area contributed by atoms with Gasteiger partial charge in [-0.05, 0) is 63.9 Å². The van der Waals surface area contributed by atoms with Crippen molar-refractivity contribution in [1.82, 2.24) is 14.7 Å². The number of Topliss-reactive ketones (excluding diaryl/α,β-unsaturated/α-hetero) is 1. The number of sulfone groups is 1. The van der Waals surface area contributed by atoms with E-state index in [1.807, 2.05) is 48.7 Å². The van der Waals surface area contributed by atoms with Crippen LogP contribution in [0.1, 0.15) is 60.7 Å². The Morgan fingerprint density at radius 2 is 1.67 bits per heavy atom. The zero-order chi connectivity index (χ0) is 32.0. The molecule has 0 unspecified atom stereocenters. The van der Waals surface area contributed by atoms with Crippen LogP contribution in [0.25, 0.3) is 11.1 Å². The number of hydrogen-bond donors (Lipinski definition) is 0. The first kappa shape index (κ1) is 32.3. The Balaban J connectivity index is 1.37. The van der Waals surface area contributed by atoms with Crippen LogP contribution in [-0.2, 0) is 16.4 Å². The van der Waals surface area contributed by atoms with Gasteiger partial charge in [-0.2, -0.15) is 5.10 Å². The van der Waals surface area contributed by atoms with E-state index in [0.717, 1.165) is 23.4 Å². The van der Waals surface area contributed by atoms with Crippen molar-refractivity contribution in [2.24, 2.45) is 0 Å². The van der Waals surface area contributed by atoms with Crippen LogP contribution in [-0.4, -0.2) is 92.3 Å². The first-order chi connectivity index (χ1) is 21.7. The van der Waals surface area contributed by atoms with Crippen LogP contribution in [0.2, 0.25) is 0 Å². The van der Waals surface area contributed by atoms with Gasteiger partial charge in [0.05, 0.1) is 48.6 Å². The standard InChI is InChI=1S/C33H42N4O7S/c1-4-37-23-25(22-34-37)32-30(42-5-2)19-24(20-31(32)43-6-3)33(39)36-12-8-7-9-28(38)27-21-26(10-11-29(27)44-16-13-36)35-14-17-45(40,41)18-15-35/h10-11,19-23H,4-9,12-18H2,1-3H3. The van der Waals surface area contributed by atoms with E-state index < -0.39 is 9.84 Å². The van der Waals surface area contributed by atoms with Gasteiger partial charge >= 0.3 is 0 Å². The van der Waals surface area contributed by atoms with E-state index in [1.165, 1.54) is 0 Å². The van der Waals surface area contributed by atoms with Crippen LogP contribution < -0.4 is 19.1 Å². The highest BCUT2D eigenvalue weighted by atomic mass is 32.2. The fraction of sp³-hybridized carbons (Fsp3) is 0.485. The average molecular weight is 639 g/mol. The molecule has 0 spiro atoms. The van der Waals surface area contributed by atoms with Gasteiger partial charge in [0.2, 0.25) is 0 Å². The first-order valence-corrected chi connectivity index (χ1v) is 17.6. The topological polar surface area (TPSA) is 120 Å². The van der Waals surface area contributed by atoms with Crippen molar-refractivity contribution in [2.75, 3.05) is 62.4 Å². The van der Waals surface area contributed by atoms with Gasteiger partial charge in [0.15, 0.2) is 15.6 Å². The van der Waals surface area contributed by atoms with Gasteiger partial charge in [-0.15, -0.1) is 0 Å². The lowest BCUT2D eigenvalue weighted by Gasteiger charge is -2.29. The molecule has 1 aromatic heterocycles. The molecule has 5 rings (SSSR count). The summed E-state index contributed by atoms with van der Waals surface area (Å²) < 4.78 is 43.8. The Kier molecular flexibility index (Phi) is 10.3. The number of carbonyl (C=O) groups is 2. The normalized spacial score (nSPS) is 17.2. The Morgan fingerprint density at radius 3 is 2.31 bits per heavy atom. The van der Waals surface area contributed by atoms with Gasteiger partial charge in [0.1, 0.15) is 23.9 Å². The van der Waals surface area contributed by atoms with Crippen LogP contribution >= 0.6 is 0 Å². The zero-order valence-electron chi connectivity index (χ0n) is 26.3. The number of fused-ring (bicyclic) bond motifs is 1. The number of aromatic nitrogens is 2. The van der Waals surface area contributed by atoms with E-state index in [2.05, 4.69) is 5.10 Å². The molecule has 0 N–H and O–H groups in total. The van der Waals surface area contributed by atoms with Crippen LogP contribution in [0.3, 0.4) is 0 Å². The molecule has 2 aliphatic heterocycles. The molecule has 1 fully saturated rings. The van der Waals surface area contributed by atoms with Gasteiger partial charge in [-0.25, -0.2) is 8.42 Å². The van der Waals surface area contributed by atoms with E-state index in [0.29, 0.717) is 87.0 Å². The summed E-state index contributed by atoms with van der Waals surface area (Å²) >= 11 is 0. The van der Waals surface area contributed by atoms with Gasteiger partial charge < -0.3 is 24.0 Å². The minimum absolute atomic E-state index is 0.0269. The summed E-state index contributed by atoms with van der Waals surface area (Å²) in [5.41, 5.74) is 3.37. The van der Waals surface area contributed by atoms with Gasteiger partial charge in [-0.1, -0.05) is 0 Å². The van der Waals surface area contributed by atoms with Crippen molar-refractivity contribution >= 4 is 27.2 Å². The molecule has 242 valence electrons. The second kappa shape index (κ2) is 14.4. The molecular formula is C33H42N4O7S. The quantitative estimate of drug-likeness (QED) is 0.352. The maximum atomic E-state index is 14.0. The van der Waals surface area contributed by atoms with E-state index in [4.69, 9.17) is 14.2 Å². The highest BCUT2D eigenvalue weighted by Gasteiger charge is 2.26. The summed E-state index contributed by atoms with van der Waals surface area (Å²) in [6.07, 6.45) is 5.30. The van der Waals surface area contributed by atoms with Crippen LogP contribution in [0.4, 0.5) is 5.69 Å². The number of hydrogen-bond acceptors (Lipinski definition) is 9. The lowest BCUT2D eigenvalue weighted by molar-refractivity contribution is 0.0726. The highest BCUT2D eigenvalue weighted by molar-refractivity contribution is 7.91. The summed E-state index contributed by atoms with van der Waals surface area (Å²) in [4.78, 5) is 31.0. The minimum atomic E-state index is -3.02. The molecule has 2 aromatic carbocycles. The molecule has 3 heterocycles. The van der Waals surface area contributed by atoms with Crippen LogP contribution in [0.15, 0.2) is 42.7 Å². The van der Waals surface area contributed by atoms with E-state index in [1.54, 1.807) is 29.3 Å². The number of amides is 1. The molecule has 1 amide bonds. The Morgan fingerprint density at radius 1 is 0.956 bits per heavy atom. The molecule has 1 saturated heterocycles. The molecule has 2 aliphatic rings. The van der Waals surface area contributed by atoms with Crippen molar-refractivity contribution < 1.29 is 32.2 Å². The molecule has 0 bridgehead atoms. The summed E-state index contributed by atoms with van der Waals surface area (Å²) in [6.45, 7) is 9.18. The summed E-state index contributed by atoms with van der Waals surface area (Å²) in [5.74, 6) is 1.58. The average Bonchev–Trinajstić information content (AvgIpc) is 3.49. The van der Waals surface area contributed by atoms with Crippen LogP contribution in [0, 0.1) is 0 Å². The zero-order valence-corrected chi connectivity index (χ0v) is 27.1. The second-order valence-corrected chi connectivity index (χ2v) is 13.4. The van der Waals surface area contributed by atoms with E-state index in [9.17, 15) is 18.0 Å². The Bertz CT molecular complexity index is 1590. The number of benzene rings is 2. The number of carbonyl (C=O) groups excluding carboxylic acids is 2. The smallest absolute Gasteiger partial charge is 0.254 e. The fourth-order valence-electron chi connectivity index (χ4n) is 5.72. The number of ether oxygens (including phenoxy) is 3. The van der Waals surface area contributed by atoms with Crippen molar-refractivity contribution in [2.45, 2.75) is 46.6 Å². The third kappa shape index (κ3) is 7.61. The lowest BCUT2D eigenvalue weighted by Crippen LogP contribution is -2.40. The number of anilines is 1. The monoisotopic (exact) mass is 638 g/mol. The Labute approximate surface area is 265 Å². The maximum absolute atomic E-state index is 14.0. The Hall–Kier alpha value is -4.06. The molecule has 12 heteroatoms. The van der Waals surface area contributed by atoms with Crippen molar-refractivity contribution in [3.8, 4) is 28.4 Å². The van der Waals surface area contributed by atoms with E-state index >= 15 is 0 Å². The number of ketones is 1. The number of rotatable bonds is 8. The highest BCUT2D eigenvalue weighted by Crippen LogP contribution is 2.40. The molecule has 45 heavy (non-hydrogen) atoms. The maximum Gasteiger partial charge on any atom is 0.254 e. The molecule has 0 radical (unpaired) electrons. The van der Waals surface area contributed by atoms with Gasteiger partial charge in [0.25, 0.3) is 5.91 Å². The van der Waals surface area contributed by atoms with Crippen molar-refractivity contribution in [3.63, 3.8) is 0 Å². The lowest BCUT2D eigenvalue weighted by atomic mass is 10.0. The fourth-order valence-corrected chi connectivity index (χ4v) is 6.92. The van der Waals surface area contributed by atoms with E-state index in [-0.39, 0.29) is 29.8 Å². The van der Waals surface area contributed by atoms with Gasteiger partial charge in [0, 0.05) is 55.6 Å². The largest absolute Gasteiger partial charge is 0.493 e. The summed E-state index contributed by atoms with van der Waals surface area (Å²) in [7, 11) is -3.02. The number of aryl methyl sites for hydroxylation is 1. The molecule has 0 saturated carbocycles. The molecule has 11 nitrogen and oxygen atoms in total. The summed E-state index contributed by atoms with van der Waals surface area (Å²) in [5, 5.41) is 4.41. The second-order valence-electron chi connectivity index (χ2n) is 11.1. The minimum Gasteiger partial charge on any atom is -0.493 e. The SMILES string of the molecule is CCOc1cc(C(=O)N2CCCCC(=O)c3cc(N4CCS(=O)(=O)CC4)ccc3OCC2)cc(OCC)c1-c1cnn(CC)c1. The first-order valence-electron chi connectivity index (χ1n) is 15.7. The molecular weight excluding hydrogens is 596 g/mol. The summed E-state index contributed by atoms with van der Waals surface area (Å²) in [6, 6.07) is 8.99. The van der Waals surface area contributed by atoms with Crippen molar-refractivity contribution in [1.29, 1.82) is 0 Å². The predicted octanol–water partition coefficient (Wildman–Crippen LogP) is 4.49. The number of nitrogens with zero attached hydrogens (tertiary/aromatic N) is 4.